The van der Waals surface area contributed by atoms with E-state index in [0.717, 1.165) is 0 Å². The molecule has 0 saturated carbocycles. The Morgan fingerprint density at radius 3 is 2.23 bits per heavy atom. The van der Waals surface area contributed by atoms with Gasteiger partial charge in [0.15, 0.2) is 0 Å². The summed E-state index contributed by atoms with van der Waals surface area (Å²) < 4.78 is 10.0. The predicted molar refractivity (Wildman–Crippen MR) is 115 cm³/mol. The molecule has 0 radical (unpaired) electrons. The third-order valence-electron chi connectivity index (χ3n) is 5.06. The summed E-state index contributed by atoms with van der Waals surface area (Å²) in [5.41, 5.74) is 5.42. The number of nitrogens with zero attached hydrogens (tertiary/aromatic N) is 2. The number of hydrogen-bond donors (Lipinski definition) is 1. The zero-order chi connectivity index (χ0) is 21.6. The molecule has 4 rings (SSSR count). The topological polar surface area (TPSA) is 90.4 Å². The van der Waals surface area contributed by atoms with Crippen molar-refractivity contribution in [1.82, 2.24) is 15.3 Å². The number of alkyl carbamates (subject to hydrolysis) is 1. The first-order chi connectivity index (χ1) is 15.2. The van der Waals surface area contributed by atoms with Crippen LogP contribution in [-0.4, -0.2) is 42.3 Å². The third-order valence-corrected chi connectivity index (χ3v) is 5.06. The maximum absolute atomic E-state index is 12.1. The van der Waals surface area contributed by atoms with Crippen LogP contribution in [0, 0.1) is 0 Å². The minimum absolute atomic E-state index is 0.00332. The summed E-state index contributed by atoms with van der Waals surface area (Å²) in [5, 5.41) is 2.70. The lowest BCUT2D eigenvalue weighted by Crippen LogP contribution is -2.26. The van der Waals surface area contributed by atoms with Crippen molar-refractivity contribution >= 4 is 18.1 Å². The van der Waals surface area contributed by atoms with Gasteiger partial charge in [0.05, 0.1) is 7.11 Å². The van der Waals surface area contributed by atoms with Gasteiger partial charge in [-0.2, -0.15) is 0 Å². The van der Waals surface area contributed by atoms with Crippen LogP contribution in [0.15, 0.2) is 67.0 Å². The standard InChI is InChI=1S/C24H21N3O4/c1-30-23(28)22-26-13-16(14-27-22)7-6-12-25-24(29)31-15-21-19-10-4-2-8-17(19)18-9-3-5-11-20(18)21/h2-11,13-14,21H,12,15H2,1H3,(H,25,29). The maximum Gasteiger partial charge on any atom is 0.407 e. The number of aromatic nitrogens is 2. The van der Waals surface area contributed by atoms with Gasteiger partial charge in [-0.3, -0.25) is 0 Å². The largest absolute Gasteiger partial charge is 0.463 e. The number of esters is 1. The van der Waals surface area contributed by atoms with Crippen molar-refractivity contribution < 1.29 is 19.1 Å². The highest BCUT2D eigenvalue weighted by Gasteiger charge is 2.28. The molecule has 0 atom stereocenters. The summed E-state index contributed by atoms with van der Waals surface area (Å²) in [6, 6.07) is 16.4. The van der Waals surface area contributed by atoms with Crippen LogP contribution in [0.25, 0.3) is 17.2 Å². The van der Waals surface area contributed by atoms with E-state index in [9.17, 15) is 9.59 Å². The minimum atomic E-state index is -0.590. The first-order valence-electron chi connectivity index (χ1n) is 9.83. The van der Waals surface area contributed by atoms with Crippen LogP contribution in [0.1, 0.15) is 33.2 Å². The van der Waals surface area contributed by atoms with Crippen molar-refractivity contribution in [3.05, 3.63) is 89.5 Å². The van der Waals surface area contributed by atoms with Gasteiger partial charge < -0.3 is 14.8 Å². The summed E-state index contributed by atoms with van der Waals surface area (Å²) in [5.74, 6) is -0.567. The molecule has 7 heteroatoms. The number of carbonyl (C=O) groups excluding carboxylic acids is 2. The van der Waals surface area contributed by atoms with Gasteiger partial charge in [-0.15, -0.1) is 0 Å². The molecule has 3 aromatic rings. The molecule has 0 saturated heterocycles. The molecule has 1 aliphatic rings. The van der Waals surface area contributed by atoms with Crippen LogP contribution in [0.4, 0.5) is 4.79 Å². The van der Waals surface area contributed by atoms with Crippen LogP contribution >= 0.6 is 0 Å². The Labute approximate surface area is 179 Å². The minimum Gasteiger partial charge on any atom is -0.463 e. The molecule has 1 N–H and O–H groups in total. The average molecular weight is 415 g/mol. The predicted octanol–water partition coefficient (Wildman–Crippen LogP) is 3.82. The summed E-state index contributed by atoms with van der Waals surface area (Å²) in [6.07, 6.45) is 6.01. The molecule has 7 nitrogen and oxygen atoms in total. The molecule has 1 amide bonds. The van der Waals surface area contributed by atoms with E-state index in [1.165, 1.54) is 41.8 Å². The molecule has 2 aromatic carbocycles. The summed E-state index contributed by atoms with van der Waals surface area (Å²) >= 11 is 0. The highest BCUT2D eigenvalue weighted by Crippen LogP contribution is 2.44. The first kappa shape index (κ1) is 20.3. The monoisotopic (exact) mass is 415 g/mol. The number of carbonyl (C=O) groups is 2. The van der Waals surface area contributed by atoms with Crippen molar-refractivity contribution in [2.45, 2.75) is 5.92 Å². The molecule has 0 fully saturated rings. The van der Waals surface area contributed by atoms with Gasteiger partial charge in [0.25, 0.3) is 0 Å². The molecule has 0 bridgehead atoms. The van der Waals surface area contributed by atoms with Gasteiger partial charge in [-0.25, -0.2) is 19.6 Å². The van der Waals surface area contributed by atoms with Crippen molar-refractivity contribution in [3.63, 3.8) is 0 Å². The highest BCUT2D eigenvalue weighted by molar-refractivity contribution is 5.85. The summed E-state index contributed by atoms with van der Waals surface area (Å²) in [4.78, 5) is 31.3. The van der Waals surface area contributed by atoms with E-state index in [-0.39, 0.29) is 24.9 Å². The fourth-order valence-corrected chi connectivity index (χ4v) is 3.61. The number of amides is 1. The molecule has 1 heterocycles. The van der Waals surface area contributed by atoms with Crippen LogP contribution in [0.3, 0.4) is 0 Å². The van der Waals surface area contributed by atoms with Crippen molar-refractivity contribution in [1.29, 1.82) is 0 Å². The smallest absolute Gasteiger partial charge is 0.407 e. The number of ether oxygens (including phenoxy) is 2. The molecular formula is C24H21N3O4. The number of methoxy groups -OCH3 is 1. The molecule has 0 aliphatic heterocycles. The highest BCUT2D eigenvalue weighted by atomic mass is 16.5. The van der Waals surface area contributed by atoms with E-state index in [2.05, 4.69) is 44.3 Å². The van der Waals surface area contributed by atoms with E-state index < -0.39 is 12.1 Å². The van der Waals surface area contributed by atoms with E-state index in [4.69, 9.17) is 4.74 Å². The molecule has 1 aromatic heterocycles. The van der Waals surface area contributed by atoms with Crippen LogP contribution in [0.5, 0.6) is 0 Å². The van der Waals surface area contributed by atoms with Gasteiger partial charge in [0, 0.05) is 30.4 Å². The maximum atomic E-state index is 12.1. The summed E-state index contributed by atoms with van der Waals surface area (Å²) in [6.45, 7) is 0.557. The van der Waals surface area contributed by atoms with Crippen molar-refractivity contribution in [2.75, 3.05) is 20.3 Å². The van der Waals surface area contributed by atoms with Gasteiger partial charge in [0.2, 0.25) is 5.82 Å². The Hall–Kier alpha value is -4.00. The second-order valence-electron chi connectivity index (χ2n) is 6.94. The van der Waals surface area contributed by atoms with Crippen molar-refractivity contribution in [2.24, 2.45) is 0 Å². The number of hydrogen-bond acceptors (Lipinski definition) is 6. The Morgan fingerprint density at radius 2 is 1.61 bits per heavy atom. The molecule has 0 unspecified atom stereocenters. The number of rotatable bonds is 6. The Morgan fingerprint density at radius 1 is 1.00 bits per heavy atom. The van der Waals surface area contributed by atoms with E-state index in [1.807, 2.05) is 24.3 Å². The molecular weight excluding hydrogens is 394 g/mol. The van der Waals surface area contributed by atoms with Crippen LogP contribution in [0.2, 0.25) is 0 Å². The van der Waals surface area contributed by atoms with Gasteiger partial charge in [0.1, 0.15) is 6.61 Å². The quantitative estimate of drug-likeness (QED) is 0.616. The lowest BCUT2D eigenvalue weighted by Gasteiger charge is -2.14. The van der Waals surface area contributed by atoms with Crippen LogP contribution in [-0.2, 0) is 9.47 Å². The van der Waals surface area contributed by atoms with Crippen LogP contribution < -0.4 is 5.32 Å². The normalized spacial score (nSPS) is 12.3. The van der Waals surface area contributed by atoms with E-state index in [1.54, 1.807) is 12.2 Å². The van der Waals surface area contributed by atoms with Crippen molar-refractivity contribution in [3.8, 4) is 11.1 Å². The van der Waals surface area contributed by atoms with Gasteiger partial charge in [-0.1, -0.05) is 60.7 Å². The Bertz CT molecular complexity index is 1080. The molecule has 31 heavy (non-hydrogen) atoms. The SMILES string of the molecule is COC(=O)c1ncc(C=CCNC(=O)OCC2c3ccccc3-c3ccccc32)cn1. The first-order valence-corrected chi connectivity index (χ1v) is 9.83. The molecule has 1 aliphatic carbocycles. The number of benzene rings is 2. The lowest BCUT2D eigenvalue weighted by molar-refractivity contribution is 0.0586. The van der Waals surface area contributed by atoms with E-state index >= 15 is 0 Å². The molecule has 0 spiro atoms. The summed E-state index contributed by atoms with van der Waals surface area (Å²) in [7, 11) is 1.27. The molecule has 156 valence electrons. The second kappa shape index (κ2) is 9.21. The fraction of sp³-hybridized carbons (Fsp3) is 0.167. The zero-order valence-electron chi connectivity index (χ0n) is 16.9. The fourth-order valence-electron chi connectivity index (χ4n) is 3.61. The second-order valence-corrected chi connectivity index (χ2v) is 6.94. The average Bonchev–Trinajstić information content (AvgIpc) is 3.14. The third kappa shape index (κ3) is 4.45. The van der Waals surface area contributed by atoms with E-state index in [0.29, 0.717) is 5.56 Å². The Kier molecular flexibility index (Phi) is 6.03. The van der Waals surface area contributed by atoms with Gasteiger partial charge >= 0.3 is 12.1 Å². The number of nitrogens with one attached hydrogen (secondary N) is 1. The Balaban J connectivity index is 1.29. The number of fused-ring (bicyclic) bond motifs is 3. The lowest BCUT2D eigenvalue weighted by atomic mass is 9.98. The zero-order valence-corrected chi connectivity index (χ0v) is 16.9. The van der Waals surface area contributed by atoms with Gasteiger partial charge in [-0.05, 0) is 22.3 Å².